The van der Waals surface area contributed by atoms with E-state index in [1.165, 1.54) is 5.56 Å². The third kappa shape index (κ3) is 2.13. The molecule has 0 bridgehead atoms. The van der Waals surface area contributed by atoms with Crippen LogP contribution in [0.3, 0.4) is 0 Å². The van der Waals surface area contributed by atoms with Crippen molar-refractivity contribution < 1.29 is 14.3 Å². The lowest BCUT2D eigenvalue weighted by molar-refractivity contribution is -0.135. The first-order chi connectivity index (χ1) is 9.32. The Balaban J connectivity index is 1.93. The molecule has 0 saturated carbocycles. The lowest BCUT2D eigenvalue weighted by Gasteiger charge is -2.45. The van der Waals surface area contributed by atoms with E-state index in [1.807, 2.05) is 26.8 Å². The van der Waals surface area contributed by atoms with Crippen LogP contribution in [0.15, 0.2) is 22.7 Å². The van der Waals surface area contributed by atoms with Crippen LogP contribution in [0.25, 0.3) is 0 Å². The maximum Gasteiger partial charge on any atom is 0.411 e. The third-order valence-corrected chi connectivity index (χ3v) is 4.20. The first kappa shape index (κ1) is 13.9. The van der Waals surface area contributed by atoms with Crippen LogP contribution in [0.2, 0.25) is 0 Å². The summed E-state index contributed by atoms with van der Waals surface area (Å²) in [6.07, 6.45) is -0.270. The van der Waals surface area contributed by atoms with E-state index in [0.29, 0.717) is 19.8 Å². The predicted octanol–water partition coefficient (Wildman–Crippen LogP) is 3.43. The number of amides is 1. The zero-order valence-electron chi connectivity index (χ0n) is 11.9. The van der Waals surface area contributed by atoms with Crippen molar-refractivity contribution in [3.8, 4) is 0 Å². The van der Waals surface area contributed by atoms with Gasteiger partial charge in [-0.2, -0.15) is 0 Å². The average molecular weight is 340 g/mol. The number of nitrogens with zero attached hydrogens (tertiary/aromatic N) is 1. The van der Waals surface area contributed by atoms with E-state index in [2.05, 4.69) is 28.1 Å². The lowest BCUT2D eigenvalue weighted by atomic mass is 9.88. The Bertz CT molecular complexity index is 561. The Morgan fingerprint density at radius 1 is 1.40 bits per heavy atom. The largest absolute Gasteiger partial charge is 0.444 e. The maximum absolute atomic E-state index is 12.5. The van der Waals surface area contributed by atoms with Crippen molar-refractivity contribution in [2.75, 3.05) is 13.2 Å². The minimum atomic E-state index is -0.488. The molecule has 4 nitrogen and oxygen atoms in total. The van der Waals surface area contributed by atoms with Crippen LogP contribution >= 0.6 is 15.9 Å². The van der Waals surface area contributed by atoms with Crippen molar-refractivity contribution >= 4 is 22.0 Å². The number of hydrogen-bond donors (Lipinski definition) is 0. The smallest absolute Gasteiger partial charge is 0.411 e. The topological polar surface area (TPSA) is 38.8 Å². The van der Waals surface area contributed by atoms with E-state index >= 15 is 0 Å². The SMILES string of the molecule is CC(C)(C)OC(=O)N1Cc2cc(Br)ccc2C12COC2. The molecule has 2 aliphatic rings. The van der Waals surface area contributed by atoms with Gasteiger partial charge in [0.1, 0.15) is 11.1 Å². The quantitative estimate of drug-likeness (QED) is 0.726. The molecule has 1 amide bonds. The molecule has 3 rings (SSSR count). The van der Waals surface area contributed by atoms with Crippen molar-refractivity contribution in [2.45, 2.75) is 38.5 Å². The van der Waals surface area contributed by atoms with Gasteiger partial charge in [0, 0.05) is 4.47 Å². The molecule has 20 heavy (non-hydrogen) atoms. The summed E-state index contributed by atoms with van der Waals surface area (Å²) in [7, 11) is 0. The van der Waals surface area contributed by atoms with Gasteiger partial charge in [-0.25, -0.2) is 4.79 Å². The zero-order valence-corrected chi connectivity index (χ0v) is 13.5. The first-order valence-electron chi connectivity index (χ1n) is 6.69. The Labute approximate surface area is 127 Å². The van der Waals surface area contributed by atoms with Crippen LogP contribution in [0.4, 0.5) is 4.79 Å². The fraction of sp³-hybridized carbons (Fsp3) is 0.533. The van der Waals surface area contributed by atoms with E-state index in [0.717, 1.165) is 10.0 Å². The molecule has 2 aliphatic heterocycles. The molecule has 1 aromatic carbocycles. The molecular formula is C15H18BrNO3. The van der Waals surface area contributed by atoms with Gasteiger partial charge in [-0.15, -0.1) is 0 Å². The predicted molar refractivity (Wildman–Crippen MR) is 78.4 cm³/mol. The van der Waals surface area contributed by atoms with Crippen LogP contribution in [-0.4, -0.2) is 29.8 Å². The molecule has 5 heteroatoms. The van der Waals surface area contributed by atoms with Crippen LogP contribution in [0, 0.1) is 0 Å². The maximum atomic E-state index is 12.5. The molecule has 0 aromatic heterocycles. The second-order valence-corrected chi connectivity index (χ2v) is 7.31. The summed E-state index contributed by atoms with van der Waals surface area (Å²) in [5.41, 5.74) is 1.52. The highest BCUT2D eigenvalue weighted by atomic mass is 79.9. The summed E-state index contributed by atoms with van der Waals surface area (Å²) in [6, 6.07) is 6.16. The van der Waals surface area contributed by atoms with Gasteiger partial charge in [0.05, 0.1) is 19.8 Å². The van der Waals surface area contributed by atoms with Crippen LogP contribution < -0.4 is 0 Å². The van der Waals surface area contributed by atoms with Crippen molar-refractivity contribution in [3.63, 3.8) is 0 Å². The minimum absolute atomic E-state index is 0.270. The van der Waals surface area contributed by atoms with E-state index in [4.69, 9.17) is 9.47 Å². The highest BCUT2D eigenvalue weighted by Crippen LogP contribution is 2.45. The van der Waals surface area contributed by atoms with Crippen molar-refractivity contribution in [1.29, 1.82) is 0 Å². The molecule has 1 aromatic rings. The molecule has 0 N–H and O–H groups in total. The van der Waals surface area contributed by atoms with E-state index in [9.17, 15) is 4.79 Å². The van der Waals surface area contributed by atoms with Crippen molar-refractivity contribution in [3.05, 3.63) is 33.8 Å². The van der Waals surface area contributed by atoms with E-state index < -0.39 is 5.60 Å². The third-order valence-electron chi connectivity index (χ3n) is 3.71. The minimum Gasteiger partial charge on any atom is -0.444 e. The number of rotatable bonds is 0. The second kappa shape index (κ2) is 4.46. The summed E-state index contributed by atoms with van der Waals surface area (Å²) >= 11 is 3.48. The van der Waals surface area contributed by atoms with Gasteiger partial charge in [0.25, 0.3) is 0 Å². The number of hydrogen-bond acceptors (Lipinski definition) is 3. The molecule has 1 fully saturated rings. The van der Waals surface area contributed by atoms with Gasteiger partial charge in [0.2, 0.25) is 0 Å². The van der Waals surface area contributed by atoms with Gasteiger partial charge >= 0.3 is 6.09 Å². The number of carbonyl (C=O) groups excluding carboxylic acids is 1. The molecular weight excluding hydrogens is 322 g/mol. The van der Waals surface area contributed by atoms with Gasteiger partial charge in [-0.3, -0.25) is 4.90 Å². The highest BCUT2D eigenvalue weighted by Gasteiger charge is 2.54. The molecule has 0 radical (unpaired) electrons. The highest BCUT2D eigenvalue weighted by molar-refractivity contribution is 9.10. The summed E-state index contributed by atoms with van der Waals surface area (Å²) in [5, 5.41) is 0. The monoisotopic (exact) mass is 339 g/mol. The summed E-state index contributed by atoms with van der Waals surface area (Å²) in [6.45, 7) is 7.31. The lowest BCUT2D eigenvalue weighted by Crippen LogP contribution is -2.58. The number of halogens is 1. The molecule has 0 atom stereocenters. The Hall–Kier alpha value is -1.07. The average Bonchev–Trinajstić information content (AvgIpc) is 2.60. The summed E-state index contributed by atoms with van der Waals surface area (Å²) < 4.78 is 12.0. The summed E-state index contributed by atoms with van der Waals surface area (Å²) in [4.78, 5) is 14.3. The standard InChI is InChI=1S/C15H18BrNO3/c1-14(2,3)20-13(18)17-7-10-6-11(16)4-5-12(10)15(17)8-19-9-15/h4-6H,7-9H2,1-3H3. The van der Waals surface area contributed by atoms with Gasteiger partial charge < -0.3 is 9.47 Å². The zero-order chi connectivity index (χ0) is 14.5. The fourth-order valence-corrected chi connectivity index (χ4v) is 3.19. The Kier molecular flexibility index (Phi) is 3.10. The molecule has 0 aliphatic carbocycles. The molecule has 108 valence electrons. The molecule has 2 heterocycles. The van der Waals surface area contributed by atoms with Crippen molar-refractivity contribution in [2.24, 2.45) is 0 Å². The number of fused-ring (bicyclic) bond motifs is 2. The van der Waals surface area contributed by atoms with Crippen molar-refractivity contribution in [1.82, 2.24) is 4.90 Å². The van der Waals surface area contributed by atoms with Gasteiger partial charge in [-0.1, -0.05) is 22.0 Å². The van der Waals surface area contributed by atoms with Crippen LogP contribution in [-0.2, 0) is 21.6 Å². The van der Waals surface area contributed by atoms with Gasteiger partial charge in [-0.05, 0) is 44.0 Å². The van der Waals surface area contributed by atoms with E-state index in [-0.39, 0.29) is 11.6 Å². The van der Waals surface area contributed by atoms with E-state index in [1.54, 1.807) is 4.90 Å². The van der Waals surface area contributed by atoms with Gasteiger partial charge in [0.15, 0.2) is 0 Å². The number of benzene rings is 1. The first-order valence-corrected chi connectivity index (χ1v) is 7.48. The molecule has 0 unspecified atom stereocenters. The number of ether oxygens (including phenoxy) is 2. The molecule has 1 spiro atoms. The van der Waals surface area contributed by atoms with Crippen LogP contribution in [0.1, 0.15) is 31.9 Å². The second-order valence-electron chi connectivity index (χ2n) is 6.39. The Morgan fingerprint density at radius 2 is 2.10 bits per heavy atom. The molecule has 1 saturated heterocycles. The normalized spacial score (nSPS) is 19.7. The fourth-order valence-electron chi connectivity index (χ4n) is 2.78. The summed E-state index contributed by atoms with van der Waals surface area (Å²) in [5.74, 6) is 0. The Morgan fingerprint density at radius 3 is 2.65 bits per heavy atom. The van der Waals surface area contributed by atoms with Crippen LogP contribution in [0.5, 0.6) is 0 Å². The number of carbonyl (C=O) groups is 1.